The molecule has 0 bridgehead atoms. The van der Waals surface area contributed by atoms with Gasteiger partial charge in [0.2, 0.25) is 0 Å². The van der Waals surface area contributed by atoms with Gasteiger partial charge in [0.25, 0.3) is 0 Å². The Kier molecular flexibility index (Phi) is 4.67. The fraction of sp³-hybridized carbons (Fsp3) is 0.846. The summed E-state index contributed by atoms with van der Waals surface area (Å²) in [4.78, 5) is 0. The molecular formula is C13H25N. The van der Waals surface area contributed by atoms with Gasteiger partial charge in [-0.1, -0.05) is 31.9 Å². The van der Waals surface area contributed by atoms with E-state index in [2.05, 4.69) is 39.1 Å². The van der Waals surface area contributed by atoms with E-state index in [9.17, 15) is 0 Å². The highest BCUT2D eigenvalue weighted by Crippen LogP contribution is 2.19. The number of hydrogen-bond acceptors (Lipinski definition) is 1. The molecule has 1 saturated heterocycles. The molecule has 1 fully saturated rings. The molecule has 0 aromatic carbocycles. The Labute approximate surface area is 89.0 Å². The molecule has 0 saturated carbocycles. The smallest absolute Gasteiger partial charge is 0.00873 e. The second-order valence-electron chi connectivity index (χ2n) is 4.94. The molecular weight excluding hydrogens is 170 g/mol. The predicted octanol–water partition coefficient (Wildman–Crippen LogP) is 3.51. The summed E-state index contributed by atoms with van der Waals surface area (Å²) in [5.41, 5.74) is 1.57. The summed E-state index contributed by atoms with van der Waals surface area (Å²) in [6.07, 6.45) is 7.66. The number of hydrogen-bond donors (Lipinski definition) is 1. The topological polar surface area (TPSA) is 12.0 Å². The highest BCUT2D eigenvalue weighted by atomic mass is 15.0. The van der Waals surface area contributed by atoms with Gasteiger partial charge in [-0.3, -0.25) is 0 Å². The van der Waals surface area contributed by atoms with Crippen LogP contribution in [0.15, 0.2) is 11.6 Å². The molecule has 3 atom stereocenters. The number of rotatable bonds is 5. The van der Waals surface area contributed by atoms with Crippen molar-refractivity contribution in [1.82, 2.24) is 5.32 Å². The quantitative estimate of drug-likeness (QED) is 0.662. The first-order chi connectivity index (χ1) is 6.61. The number of nitrogens with one attached hydrogen (secondary N) is 1. The highest BCUT2D eigenvalue weighted by molar-refractivity contribution is 5.01. The van der Waals surface area contributed by atoms with Gasteiger partial charge in [0.15, 0.2) is 0 Å². The molecule has 0 aliphatic carbocycles. The van der Waals surface area contributed by atoms with Crippen molar-refractivity contribution in [3.05, 3.63) is 11.6 Å². The Morgan fingerprint density at radius 2 is 2.21 bits per heavy atom. The second-order valence-corrected chi connectivity index (χ2v) is 4.94. The van der Waals surface area contributed by atoms with Crippen LogP contribution in [0, 0.1) is 5.92 Å². The summed E-state index contributed by atoms with van der Waals surface area (Å²) < 4.78 is 0. The lowest BCUT2D eigenvalue weighted by molar-refractivity contribution is 0.268. The summed E-state index contributed by atoms with van der Waals surface area (Å²) in [7, 11) is 0. The summed E-state index contributed by atoms with van der Waals surface area (Å²) in [5.74, 6) is 0.753. The minimum absolute atomic E-state index is 0.753. The average Bonchev–Trinajstić information content (AvgIpc) is 2.10. The first-order valence-corrected chi connectivity index (χ1v) is 6.05. The highest BCUT2D eigenvalue weighted by Gasteiger charge is 2.23. The van der Waals surface area contributed by atoms with Gasteiger partial charge < -0.3 is 5.32 Å². The Morgan fingerprint density at radius 3 is 2.71 bits per heavy atom. The van der Waals surface area contributed by atoms with Gasteiger partial charge in [0.05, 0.1) is 0 Å². The van der Waals surface area contributed by atoms with Crippen LogP contribution in [-0.4, -0.2) is 12.1 Å². The zero-order valence-corrected chi connectivity index (χ0v) is 10.1. The standard InChI is InChI=1S/C13H25N/c1-5-10(2)8-11(3)6-7-13-9-12(4)14-13/h8,10,12-14H,5-7,9H2,1-4H3. The molecule has 1 rings (SSSR count). The van der Waals surface area contributed by atoms with Crippen LogP contribution in [0.3, 0.4) is 0 Å². The average molecular weight is 195 g/mol. The van der Waals surface area contributed by atoms with Crippen molar-refractivity contribution in [2.24, 2.45) is 5.92 Å². The van der Waals surface area contributed by atoms with E-state index in [0.29, 0.717) is 0 Å². The van der Waals surface area contributed by atoms with Crippen LogP contribution in [0.4, 0.5) is 0 Å². The minimum Gasteiger partial charge on any atom is -0.311 e. The van der Waals surface area contributed by atoms with E-state index in [1.54, 1.807) is 5.57 Å². The first kappa shape index (κ1) is 11.8. The molecule has 3 unspecified atom stereocenters. The zero-order valence-electron chi connectivity index (χ0n) is 10.1. The lowest BCUT2D eigenvalue weighted by Crippen LogP contribution is -2.50. The fourth-order valence-electron chi connectivity index (χ4n) is 2.09. The van der Waals surface area contributed by atoms with Crippen LogP contribution in [0.25, 0.3) is 0 Å². The Hall–Kier alpha value is -0.300. The van der Waals surface area contributed by atoms with Gasteiger partial charge in [0, 0.05) is 12.1 Å². The third-order valence-electron chi connectivity index (χ3n) is 3.26. The maximum absolute atomic E-state index is 3.54. The van der Waals surface area contributed by atoms with Crippen LogP contribution in [0.1, 0.15) is 53.4 Å². The zero-order chi connectivity index (χ0) is 10.6. The van der Waals surface area contributed by atoms with Crippen LogP contribution in [-0.2, 0) is 0 Å². The Morgan fingerprint density at radius 1 is 1.57 bits per heavy atom. The lowest BCUT2D eigenvalue weighted by Gasteiger charge is -2.35. The third kappa shape index (κ3) is 3.83. The normalized spacial score (nSPS) is 29.9. The van der Waals surface area contributed by atoms with E-state index in [-0.39, 0.29) is 0 Å². The Bertz CT molecular complexity index is 189. The van der Waals surface area contributed by atoms with Gasteiger partial charge in [-0.05, 0) is 39.0 Å². The summed E-state index contributed by atoms with van der Waals surface area (Å²) in [6.45, 7) is 9.09. The Balaban J connectivity index is 2.14. The molecule has 1 heterocycles. The second kappa shape index (κ2) is 5.55. The van der Waals surface area contributed by atoms with Gasteiger partial charge >= 0.3 is 0 Å². The monoisotopic (exact) mass is 195 g/mol. The molecule has 1 N–H and O–H groups in total. The van der Waals surface area contributed by atoms with E-state index in [0.717, 1.165) is 18.0 Å². The largest absolute Gasteiger partial charge is 0.311 e. The molecule has 1 aliphatic heterocycles. The van der Waals surface area contributed by atoms with Crippen LogP contribution in [0.5, 0.6) is 0 Å². The molecule has 1 heteroatoms. The van der Waals surface area contributed by atoms with Crippen molar-refractivity contribution >= 4 is 0 Å². The van der Waals surface area contributed by atoms with Crippen LogP contribution < -0.4 is 5.32 Å². The summed E-state index contributed by atoms with van der Waals surface area (Å²) >= 11 is 0. The third-order valence-corrected chi connectivity index (χ3v) is 3.26. The molecule has 82 valence electrons. The molecule has 0 spiro atoms. The van der Waals surface area contributed by atoms with Crippen LogP contribution in [0.2, 0.25) is 0 Å². The van der Waals surface area contributed by atoms with Crippen molar-refractivity contribution in [2.45, 2.75) is 65.5 Å². The van der Waals surface area contributed by atoms with E-state index >= 15 is 0 Å². The van der Waals surface area contributed by atoms with Gasteiger partial charge in [-0.2, -0.15) is 0 Å². The molecule has 1 aliphatic rings. The molecule has 0 radical (unpaired) electrons. The molecule has 1 nitrogen and oxygen atoms in total. The fourth-order valence-corrected chi connectivity index (χ4v) is 2.09. The van der Waals surface area contributed by atoms with Crippen molar-refractivity contribution < 1.29 is 0 Å². The lowest BCUT2D eigenvalue weighted by atomic mass is 9.92. The van der Waals surface area contributed by atoms with E-state index in [1.807, 2.05) is 0 Å². The van der Waals surface area contributed by atoms with E-state index < -0.39 is 0 Å². The van der Waals surface area contributed by atoms with Crippen LogP contribution >= 0.6 is 0 Å². The van der Waals surface area contributed by atoms with Gasteiger partial charge in [-0.15, -0.1) is 0 Å². The van der Waals surface area contributed by atoms with Gasteiger partial charge in [0.1, 0.15) is 0 Å². The number of allylic oxidation sites excluding steroid dienone is 2. The summed E-state index contributed by atoms with van der Waals surface area (Å²) in [5, 5.41) is 3.54. The summed E-state index contributed by atoms with van der Waals surface area (Å²) in [6, 6.07) is 1.56. The molecule has 14 heavy (non-hydrogen) atoms. The maximum Gasteiger partial charge on any atom is 0.00873 e. The van der Waals surface area contributed by atoms with Crippen molar-refractivity contribution in [3.8, 4) is 0 Å². The maximum atomic E-state index is 3.54. The van der Waals surface area contributed by atoms with Crippen molar-refractivity contribution in [3.63, 3.8) is 0 Å². The molecule has 0 amide bonds. The molecule has 0 aromatic heterocycles. The van der Waals surface area contributed by atoms with Crippen molar-refractivity contribution in [1.29, 1.82) is 0 Å². The van der Waals surface area contributed by atoms with Crippen molar-refractivity contribution in [2.75, 3.05) is 0 Å². The molecule has 0 aromatic rings. The first-order valence-electron chi connectivity index (χ1n) is 6.05. The predicted molar refractivity (Wildman–Crippen MR) is 63.4 cm³/mol. The minimum atomic E-state index is 0.753. The SMILES string of the molecule is CCC(C)C=C(C)CCC1CC(C)N1. The van der Waals surface area contributed by atoms with E-state index in [1.165, 1.54) is 25.7 Å². The van der Waals surface area contributed by atoms with Gasteiger partial charge in [-0.25, -0.2) is 0 Å². The van der Waals surface area contributed by atoms with E-state index in [4.69, 9.17) is 0 Å².